The van der Waals surface area contributed by atoms with Crippen molar-refractivity contribution in [1.82, 2.24) is 34.0 Å². The first-order valence-electron chi connectivity index (χ1n) is 12.2. The van der Waals surface area contributed by atoms with Crippen molar-refractivity contribution in [2.75, 3.05) is 25.0 Å². The number of imidazole rings is 2. The fourth-order valence-corrected chi connectivity index (χ4v) is 5.24. The van der Waals surface area contributed by atoms with Crippen LogP contribution in [-0.4, -0.2) is 59.6 Å². The molecule has 1 aliphatic heterocycles. The molecule has 1 aliphatic rings. The highest BCUT2D eigenvalue weighted by Gasteiger charge is 2.22. The predicted octanol–water partition coefficient (Wildman–Crippen LogP) is 4.60. The van der Waals surface area contributed by atoms with Crippen molar-refractivity contribution in [3.8, 4) is 0 Å². The van der Waals surface area contributed by atoms with Crippen molar-refractivity contribution in [2.24, 2.45) is 0 Å². The molecule has 0 bridgehead atoms. The van der Waals surface area contributed by atoms with Gasteiger partial charge >= 0.3 is 0 Å². The molecule has 6 rings (SSSR count). The summed E-state index contributed by atoms with van der Waals surface area (Å²) in [7, 11) is 0. The lowest BCUT2D eigenvalue weighted by Crippen LogP contribution is -2.40. The van der Waals surface area contributed by atoms with Crippen LogP contribution in [0.5, 0.6) is 0 Å². The van der Waals surface area contributed by atoms with Crippen LogP contribution in [0, 0.1) is 10.6 Å². The van der Waals surface area contributed by atoms with E-state index in [0.29, 0.717) is 17.4 Å². The van der Waals surface area contributed by atoms with Crippen LogP contribution in [0.25, 0.3) is 22.2 Å². The average Bonchev–Trinajstić information content (AvgIpc) is 3.41. The van der Waals surface area contributed by atoms with Gasteiger partial charge in [0.1, 0.15) is 17.7 Å². The van der Waals surface area contributed by atoms with Gasteiger partial charge in [-0.15, -0.1) is 0 Å². The SMILES string of the molecule is Fc1ccc(Cn2c(NC3CCN(CCn4c(=S)[nH]c5cncnc54)CC3)nc3ccccc32)cc1. The van der Waals surface area contributed by atoms with Gasteiger partial charge in [0, 0.05) is 32.2 Å². The van der Waals surface area contributed by atoms with Crippen molar-refractivity contribution < 1.29 is 4.39 Å². The van der Waals surface area contributed by atoms with Gasteiger partial charge in [-0.2, -0.15) is 0 Å². The third-order valence-electron chi connectivity index (χ3n) is 6.90. The maximum absolute atomic E-state index is 13.4. The van der Waals surface area contributed by atoms with Crippen molar-refractivity contribution in [1.29, 1.82) is 0 Å². The summed E-state index contributed by atoms with van der Waals surface area (Å²) >= 11 is 5.49. The Labute approximate surface area is 212 Å². The Morgan fingerprint density at radius 3 is 2.67 bits per heavy atom. The number of rotatable bonds is 7. The molecule has 1 fully saturated rings. The van der Waals surface area contributed by atoms with Crippen LogP contribution in [0.2, 0.25) is 0 Å². The highest BCUT2D eigenvalue weighted by atomic mass is 32.1. The maximum Gasteiger partial charge on any atom is 0.204 e. The minimum Gasteiger partial charge on any atom is -0.353 e. The van der Waals surface area contributed by atoms with Gasteiger partial charge in [-0.1, -0.05) is 24.3 Å². The van der Waals surface area contributed by atoms with E-state index in [1.165, 1.54) is 12.1 Å². The molecule has 1 saturated heterocycles. The number of fused-ring (bicyclic) bond motifs is 2. The number of anilines is 1. The summed E-state index contributed by atoms with van der Waals surface area (Å²) in [5.41, 5.74) is 4.79. The molecule has 0 saturated carbocycles. The largest absolute Gasteiger partial charge is 0.353 e. The smallest absolute Gasteiger partial charge is 0.204 e. The Morgan fingerprint density at radius 2 is 1.83 bits per heavy atom. The van der Waals surface area contributed by atoms with Gasteiger partial charge in [0.25, 0.3) is 0 Å². The van der Waals surface area contributed by atoms with E-state index in [-0.39, 0.29) is 5.82 Å². The van der Waals surface area contributed by atoms with E-state index >= 15 is 0 Å². The lowest BCUT2D eigenvalue weighted by molar-refractivity contribution is 0.211. The van der Waals surface area contributed by atoms with E-state index in [4.69, 9.17) is 17.2 Å². The minimum absolute atomic E-state index is 0.223. The van der Waals surface area contributed by atoms with Gasteiger partial charge in [0.15, 0.2) is 10.4 Å². The summed E-state index contributed by atoms with van der Waals surface area (Å²) in [4.78, 5) is 19.0. The Balaban J connectivity index is 1.12. The summed E-state index contributed by atoms with van der Waals surface area (Å²) in [6.07, 6.45) is 5.37. The van der Waals surface area contributed by atoms with Crippen LogP contribution < -0.4 is 5.32 Å². The number of para-hydroxylation sites is 2. The van der Waals surface area contributed by atoms with E-state index in [2.05, 4.69) is 40.4 Å². The highest BCUT2D eigenvalue weighted by molar-refractivity contribution is 7.71. The molecule has 5 aromatic rings. The monoisotopic (exact) mass is 502 g/mol. The number of hydrogen-bond acceptors (Lipinski definition) is 6. The summed E-state index contributed by atoms with van der Waals surface area (Å²) in [6.45, 7) is 4.35. The van der Waals surface area contributed by atoms with Gasteiger partial charge in [-0.05, 0) is 54.9 Å². The molecule has 2 N–H and O–H groups in total. The quantitative estimate of drug-likeness (QED) is 0.317. The first kappa shape index (κ1) is 22.8. The lowest BCUT2D eigenvalue weighted by Gasteiger charge is -2.32. The van der Waals surface area contributed by atoms with E-state index in [1.54, 1.807) is 12.5 Å². The Bertz CT molecular complexity index is 1550. The van der Waals surface area contributed by atoms with Gasteiger partial charge < -0.3 is 24.3 Å². The lowest BCUT2D eigenvalue weighted by atomic mass is 10.1. The number of aromatic amines is 1. The van der Waals surface area contributed by atoms with Crippen LogP contribution in [0.1, 0.15) is 18.4 Å². The second-order valence-electron chi connectivity index (χ2n) is 9.24. The van der Waals surface area contributed by atoms with Crippen LogP contribution in [-0.2, 0) is 13.1 Å². The molecule has 0 atom stereocenters. The Hall–Kier alpha value is -3.63. The van der Waals surface area contributed by atoms with E-state index < -0.39 is 0 Å². The second kappa shape index (κ2) is 9.79. The van der Waals surface area contributed by atoms with Crippen LogP contribution in [0.4, 0.5) is 10.3 Å². The van der Waals surface area contributed by atoms with E-state index in [0.717, 1.165) is 72.7 Å². The fraction of sp³-hybridized carbons (Fsp3) is 0.308. The molecule has 184 valence electrons. The number of aromatic nitrogens is 6. The number of halogens is 1. The zero-order valence-electron chi connectivity index (χ0n) is 19.8. The molecule has 0 unspecified atom stereocenters. The molecule has 8 nitrogen and oxygen atoms in total. The molecule has 0 spiro atoms. The van der Waals surface area contributed by atoms with Gasteiger partial charge in [0.2, 0.25) is 5.95 Å². The fourth-order valence-electron chi connectivity index (χ4n) is 4.96. The molecule has 0 amide bonds. The number of benzene rings is 2. The molecule has 10 heteroatoms. The zero-order chi connectivity index (χ0) is 24.5. The van der Waals surface area contributed by atoms with Crippen LogP contribution in [0.3, 0.4) is 0 Å². The van der Waals surface area contributed by atoms with Crippen molar-refractivity contribution in [2.45, 2.75) is 32.0 Å². The summed E-state index contributed by atoms with van der Waals surface area (Å²) in [5.74, 6) is 0.642. The normalized spacial score (nSPS) is 15.1. The number of likely N-dealkylation sites (tertiary alicyclic amines) is 1. The molecular formula is C26H27FN8S. The van der Waals surface area contributed by atoms with Crippen molar-refractivity contribution in [3.63, 3.8) is 0 Å². The Morgan fingerprint density at radius 1 is 1.03 bits per heavy atom. The third-order valence-corrected chi connectivity index (χ3v) is 7.23. The third kappa shape index (κ3) is 4.61. The Kier molecular flexibility index (Phi) is 6.20. The molecule has 4 heterocycles. The van der Waals surface area contributed by atoms with Crippen LogP contribution >= 0.6 is 12.2 Å². The number of nitrogens with zero attached hydrogens (tertiary/aromatic N) is 6. The average molecular weight is 503 g/mol. The molecule has 3 aromatic heterocycles. The van der Waals surface area contributed by atoms with Crippen molar-refractivity contribution >= 4 is 40.4 Å². The zero-order valence-corrected chi connectivity index (χ0v) is 20.6. The number of H-pyrrole nitrogens is 1. The highest BCUT2D eigenvalue weighted by Crippen LogP contribution is 2.24. The van der Waals surface area contributed by atoms with Gasteiger partial charge in [-0.3, -0.25) is 0 Å². The van der Waals surface area contributed by atoms with Gasteiger partial charge in [0.05, 0.1) is 23.8 Å². The van der Waals surface area contributed by atoms with E-state index in [1.807, 2.05) is 30.3 Å². The van der Waals surface area contributed by atoms with Gasteiger partial charge in [-0.25, -0.2) is 19.3 Å². The maximum atomic E-state index is 13.4. The number of piperidine rings is 1. The number of hydrogen-bond donors (Lipinski definition) is 2. The summed E-state index contributed by atoms with van der Waals surface area (Å²) < 4.78 is 18.3. The minimum atomic E-state index is -0.223. The van der Waals surface area contributed by atoms with Crippen molar-refractivity contribution in [3.05, 3.63) is 77.2 Å². The molecule has 36 heavy (non-hydrogen) atoms. The molecular weight excluding hydrogens is 475 g/mol. The molecule has 0 aliphatic carbocycles. The molecule has 2 aromatic carbocycles. The topological polar surface area (TPSA) is 79.6 Å². The van der Waals surface area contributed by atoms with Crippen LogP contribution in [0.15, 0.2) is 61.1 Å². The molecule has 0 radical (unpaired) electrons. The predicted molar refractivity (Wildman–Crippen MR) is 141 cm³/mol. The summed E-state index contributed by atoms with van der Waals surface area (Å²) in [5, 5.41) is 3.70. The second-order valence-corrected chi connectivity index (χ2v) is 9.63. The first-order chi connectivity index (χ1) is 17.6. The van der Waals surface area contributed by atoms with E-state index in [9.17, 15) is 4.39 Å². The first-order valence-corrected chi connectivity index (χ1v) is 12.6. The number of nitrogens with one attached hydrogen (secondary N) is 2. The standard InChI is InChI=1S/C26H27FN8S/c27-19-7-5-18(6-8-19)16-35-23-4-2-1-3-21(23)31-25(35)30-20-9-11-33(12-10-20)13-14-34-24-22(32-26(34)36)15-28-17-29-24/h1-8,15,17,20H,9-14,16H2,(H,30,31)(H,32,36). The summed E-state index contributed by atoms with van der Waals surface area (Å²) in [6, 6.07) is 15.2.